The van der Waals surface area contributed by atoms with Crippen LogP contribution in [0.15, 0.2) is 54.6 Å². The van der Waals surface area contributed by atoms with Crippen molar-refractivity contribution in [2.45, 2.75) is 25.3 Å². The number of pyridine rings is 1. The van der Waals surface area contributed by atoms with Crippen molar-refractivity contribution in [1.29, 1.82) is 0 Å². The van der Waals surface area contributed by atoms with E-state index in [-0.39, 0.29) is 5.91 Å². The third-order valence-electron chi connectivity index (χ3n) is 5.40. The lowest BCUT2D eigenvalue weighted by Gasteiger charge is -2.25. The van der Waals surface area contributed by atoms with Crippen molar-refractivity contribution in [2.75, 3.05) is 18.5 Å². The molecule has 0 saturated heterocycles. The van der Waals surface area contributed by atoms with Crippen molar-refractivity contribution in [3.8, 4) is 5.75 Å². The summed E-state index contributed by atoms with van der Waals surface area (Å²) in [7, 11) is 0. The Morgan fingerprint density at radius 3 is 2.82 bits per heavy atom. The van der Waals surface area contributed by atoms with Gasteiger partial charge >= 0.3 is 0 Å². The van der Waals surface area contributed by atoms with Crippen LogP contribution in [0.3, 0.4) is 0 Å². The summed E-state index contributed by atoms with van der Waals surface area (Å²) in [5.74, 6) is 2.08. The van der Waals surface area contributed by atoms with Crippen LogP contribution in [0.4, 0.5) is 5.82 Å². The molecule has 0 bridgehead atoms. The first-order valence-corrected chi connectivity index (χ1v) is 9.91. The molecule has 1 unspecified atom stereocenters. The van der Waals surface area contributed by atoms with E-state index in [9.17, 15) is 4.79 Å². The van der Waals surface area contributed by atoms with E-state index in [1.165, 1.54) is 5.56 Å². The fourth-order valence-corrected chi connectivity index (χ4v) is 3.72. The van der Waals surface area contributed by atoms with E-state index in [4.69, 9.17) is 9.72 Å². The minimum atomic E-state index is -0.0147. The highest BCUT2D eigenvalue weighted by molar-refractivity contribution is 6.07. The van der Waals surface area contributed by atoms with E-state index >= 15 is 0 Å². The smallest absolute Gasteiger partial charge is 0.252 e. The molecule has 2 N–H and O–H groups in total. The number of aromatic nitrogens is 1. The summed E-state index contributed by atoms with van der Waals surface area (Å²) in [5, 5.41) is 7.41. The van der Waals surface area contributed by atoms with Gasteiger partial charge in [0.2, 0.25) is 0 Å². The van der Waals surface area contributed by atoms with E-state index in [0.717, 1.165) is 48.3 Å². The van der Waals surface area contributed by atoms with Crippen LogP contribution in [0.5, 0.6) is 5.75 Å². The molecule has 5 nitrogen and oxygen atoms in total. The number of carbonyl (C=O) groups is 1. The van der Waals surface area contributed by atoms with Crippen molar-refractivity contribution in [2.24, 2.45) is 5.92 Å². The van der Waals surface area contributed by atoms with Crippen LogP contribution in [0.1, 0.15) is 28.8 Å². The molecule has 1 aliphatic carbocycles. The Bertz CT molecular complexity index is 1030. The highest BCUT2D eigenvalue weighted by Crippen LogP contribution is 2.28. The fourth-order valence-electron chi connectivity index (χ4n) is 3.72. The van der Waals surface area contributed by atoms with Gasteiger partial charge in [-0.1, -0.05) is 36.4 Å². The lowest BCUT2D eigenvalue weighted by Crippen LogP contribution is -2.28. The predicted molar refractivity (Wildman–Crippen MR) is 110 cm³/mol. The SMILES string of the molecule is O=C(NC1CC1)c1cc(NCC2COc3ccccc3C2)nc2ccccc12. The van der Waals surface area contributed by atoms with Gasteiger partial charge in [-0.3, -0.25) is 4.79 Å². The second-order valence-electron chi connectivity index (χ2n) is 7.69. The quantitative estimate of drug-likeness (QED) is 0.714. The lowest BCUT2D eigenvalue weighted by atomic mass is 9.97. The topological polar surface area (TPSA) is 63.2 Å². The summed E-state index contributed by atoms with van der Waals surface area (Å²) in [6.07, 6.45) is 3.12. The van der Waals surface area contributed by atoms with Gasteiger partial charge in [0.1, 0.15) is 11.6 Å². The van der Waals surface area contributed by atoms with E-state index in [1.54, 1.807) is 0 Å². The molecule has 3 aromatic rings. The molecule has 1 atom stereocenters. The van der Waals surface area contributed by atoms with Gasteiger partial charge in [-0.25, -0.2) is 4.98 Å². The molecule has 1 saturated carbocycles. The average Bonchev–Trinajstić information content (AvgIpc) is 3.55. The number of rotatable bonds is 5. The van der Waals surface area contributed by atoms with Crippen molar-refractivity contribution < 1.29 is 9.53 Å². The molecule has 2 aliphatic rings. The molecule has 0 spiro atoms. The Kier molecular flexibility index (Phi) is 4.35. The van der Waals surface area contributed by atoms with E-state index in [2.05, 4.69) is 16.7 Å². The van der Waals surface area contributed by atoms with Gasteiger partial charge in [0, 0.05) is 23.9 Å². The molecule has 2 aromatic carbocycles. The molecule has 1 aromatic heterocycles. The summed E-state index contributed by atoms with van der Waals surface area (Å²) in [6, 6.07) is 18.2. The number of ether oxygens (including phenoxy) is 1. The zero-order valence-corrected chi connectivity index (χ0v) is 15.7. The van der Waals surface area contributed by atoms with Gasteiger partial charge in [-0.2, -0.15) is 0 Å². The van der Waals surface area contributed by atoms with Crippen molar-refractivity contribution in [1.82, 2.24) is 10.3 Å². The first kappa shape index (κ1) is 17.0. The van der Waals surface area contributed by atoms with Crippen LogP contribution in [0, 0.1) is 5.92 Å². The first-order chi connectivity index (χ1) is 13.8. The van der Waals surface area contributed by atoms with Gasteiger partial charge in [0.05, 0.1) is 17.7 Å². The Hall–Kier alpha value is -3.08. The zero-order chi connectivity index (χ0) is 18.9. The minimum absolute atomic E-state index is 0.0147. The van der Waals surface area contributed by atoms with E-state index in [0.29, 0.717) is 24.1 Å². The second kappa shape index (κ2) is 7.15. The zero-order valence-electron chi connectivity index (χ0n) is 15.7. The summed E-state index contributed by atoms with van der Waals surface area (Å²) < 4.78 is 5.88. The maximum Gasteiger partial charge on any atom is 0.252 e. The molecule has 1 fully saturated rings. The third-order valence-corrected chi connectivity index (χ3v) is 5.40. The van der Waals surface area contributed by atoms with Crippen LogP contribution in [-0.4, -0.2) is 30.1 Å². The number of benzene rings is 2. The molecular formula is C23H23N3O2. The highest BCUT2D eigenvalue weighted by Gasteiger charge is 2.25. The second-order valence-corrected chi connectivity index (χ2v) is 7.69. The highest BCUT2D eigenvalue weighted by atomic mass is 16.5. The molecule has 1 aliphatic heterocycles. The molecule has 28 heavy (non-hydrogen) atoms. The van der Waals surface area contributed by atoms with Crippen molar-refractivity contribution in [3.05, 3.63) is 65.7 Å². The summed E-state index contributed by atoms with van der Waals surface area (Å²) in [5.41, 5.74) is 2.76. The fraction of sp³-hybridized carbons (Fsp3) is 0.304. The molecule has 142 valence electrons. The van der Waals surface area contributed by atoms with Gasteiger partial charge in [-0.05, 0) is 43.0 Å². The van der Waals surface area contributed by atoms with Gasteiger partial charge in [0.25, 0.3) is 5.91 Å². The molecule has 0 radical (unpaired) electrons. The van der Waals surface area contributed by atoms with Gasteiger partial charge in [-0.15, -0.1) is 0 Å². The Morgan fingerprint density at radius 1 is 1.11 bits per heavy atom. The van der Waals surface area contributed by atoms with Crippen molar-refractivity contribution in [3.63, 3.8) is 0 Å². The van der Waals surface area contributed by atoms with Crippen LogP contribution in [0.2, 0.25) is 0 Å². The largest absolute Gasteiger partial charge is 0.493 e. The minimum Gasteiger partial charge on any atom is -0.493 e. The molecule has 5 rings (SSSR count). The Labute approximate surface area is 164 Å². The Balaban J connectivity index is 1.35. The van der Waals surface area contributed by atoms with Crippen LogP contribution in [-0.2, 0) is 6.42 Å². The summed E-state index contributed by atoms with van der Waals surface area (Å²) in [6.45, 7) is 1.44. The maximum absolute atomic E-state index is 12.7. The number of hydrogen-bond donors (Lipinski definition) is 2. The maximum atomic E-state index is 12.7. The Morgan fingerprint density at radius 2 is 1.93 bits per heavy atom. The molecular weight excluding hydrogens is 350 g/mol. The summed E-state index contributed by atoms with van der Waals surface area (Å²) >= 11 is 0. The summed E-state index contributed by atoms with van der Waals surface area (Å²) in [4.78, 5) is 17.4. The number of carbonyl (C=O) groups excluding carboxylic acids is 1. The standard InChI is InChI=1S/C23H23N3O2/c27-23(25-17-9-10-17)19-12-22(26-20-7-3-2-6-18(19)20)24-13-15-11-16-5-1-4-8-21(16)28-14-15/h1-8,12,15,17H,9-11,13-14H2,(H,24,26)(H,25,27). The number of hydrogen-bond acceptors (Lipinski definition) is 4. The normalized spacial score (nSPS) is 18.2. The number of nitrogens with zero attached hydrogens (tertiary/aromatic N) is 1. The number of anilines is 1. The number of fused-ring (bicyclic) bond motifs is 2. The first-order valence-electron chi connectivity index (χ1n) is 9.91. The third kappa shape index (κ3) is 3.52. The number of para-hydroxylation sites is 2. The predicted octanol–water partition coefficient (Wildman–Crippen LogP) is 3.79. The van der Waals surface area contributed by atoms with Gasteiger partial charge in [0.15, 0.2) is 0 Å². The molecule has 1 amide bonds. The molecule has 5 heteroatoms. The van der Waals surface area contributed by atoms with E-state index in [1.807, 2.05) is 48.5 Å². The lowest BCUT2D eigenvalue weighted by molar-refractivity contribution is 0.0952. The number of amides is 1. The average molecular weight is 373 g/mol. The monoisotopic (exact) mass is 373 g/mol. The van der Waals surface area contributed by atoms with Crippen LogP contribution < -0.4 is 15.4 Å². The van der Waals surface area contributed by atoms with Gasteiger partial charge < -0.3 is 15.4 Å². The van der Waals surface area contributed by atoms with Crippen molar-refractivity contribution >= 4 is 22.6 Å². The van der Waals surface area contributed by atoms with Crippen LogP contribution >= 0.6 is 0 Å². The number of nitrogens with one attached hydrogen (secondary N) is 2. The molecule has 2 heterocycles. The van der Waals surface area contributed by atoms with E-state index < -0.39 is 0 Å². The van der Waals surface area contributed by atoms with Crippen LogP contribution in [0.25, 0.3) is 10.9 Å².